The first kappa shape index (κ1) is 41.0. The van der Waals surface area contributed by atoms with Crippen LogP contribution >= 0.6 is 7.82 Å². The molecule has 0 aromatic heterocycles. The van der Waals surface area contributed by atoms with Gasteiger partial charge in [-0.3, -0.25) is 14.1 Å². The number of carbonyl (C=O) groups is 2. The Morgan fingerprint density at radius 3 is 1.21 bits per heavy atom. The minimum atomic E-state index is -4.73. The molecule has 0 amide bonds. The molecule has 0 aromatic rings. The SMILES string of the molecule is CCCCCCCCCCCCCCCCCCCCC(=O)OC(COC(=O)CCCCCCCC)COP(=O)(O)O. The monoisotopic (exact) mass is 620 g/mol. The first-order valence-corrected chi connectivity index (χ1v) is 18.9. The van der Waals surface area contributed by atoms with Crippen LogP contribution in [0.3, 0.4) is 0 Å². The van der Waals surface area contributed by atoms with Crippen molar-refractivity contribution >= 4 is 19.8 Å². The van der Waals surface area contributed by atoms with Gasteiger partial charge in [0.15, 0.2) is 6.10 Å². The summed E-state index contributed by atoms with van der Waals surface area (Å²) in [5.74, 6) is -0.885. The van der Waals surface area contributed by atoms with Gasteiger partial charge in [0.1, 0.15) is 6.61 Å². The van der Waals surface area contributed by atoms with Crippen molar-refractivity contribution in [1.29, 1.82) is 0 Å². The molecular weight excluding hydrogens is 555 g/mol. The molecule has 0 saturated carbocycles. The van der Waals surface area contributed by atoms with Crippen molar-refractivity contribution in [2.45, 2.75) is 187 Å². The second kappa shape index (κ2) is 30.1. The van der Waals surface area contributed by atoms with E-state index in [1.807, 2.05) is 0 Å². The average molecular weight is 621 g/mol. The number of ether oxygens (including phenoxy) is 2. The number of phosphoric ester groups is 1. The number of carbonyl (C=O) groups excluding carboxylic acids is 2. The molecule has 250 valence electrons. The maximum atomic E-state index is 12.3. The summed E-state index contributed by atoms with van der Waals surface area (Å²) in [7, 11) is -4.73. The molecule has 0 spiro atoms. The lowest BCUT2D eigenvalue weighted by molar-refractivity contribution is -0.161. The molecule has 2 N–H and O–H groups in total. The molecule has 0 fully saturated rings. The Balaban J connectivity index is 3.84. The summed E-state index contributed by atoms with van der Waals surface area (Å²) in [6.45, 7) is 3.61. The van der Waals surface area contributed by atoms with E-state index in [1.165, 1.54) is 109 Å². The van der Waals surface area contributed by atoms with E-state index in [0.717, 1.165) is 38.5 Å². The van der Waals surface area contributed by atoms with Gasteiger partial charge in [-0.1, -0.05) is 155 Å². The number of rotatable bonds is 32. The van der Waals surface area contributed by atoms with Gasteiger partial charge >= 0.3 is 19.8 Å². The smallest absolute Gasteiger partial charge is 0.462 e. The van der Waals surface area contributed by atoms with Gasteiger partial charge in [0.25, 0.3) is 0 Å². The molecule has 9 heteroatoms. The van der Waals surface area contributed by atoms with E-state index < -0.39 is 32.5 Å². The standard InChI is InChI=1S/C33H65O8P/c1-3-5-7-9-11-12-13-14-15-16-17-18-19-20-21-22-24-26-28-33(35)41-31(30-40-42(36,37)38)29-39-32(34)27-25-23-10-8-6-4-2/h31H,3-30H2,1-2H3,(H2,36,37,38). The van der Waals surface area contributed by atoms with Gasteiger partial charge in [0.2, 0.25) is 0 Å². The highest BCUT2D eigenvalue weighted by molar-refractivity contribution is 7.46. The van der Waals surface area contributed by atoms with E-state index in [1.54, 1.807) is 0 Å². The highest BCUT2D eigenvalue weighted by Crippen LogP contribution is 2.36. The van der Waals surface area contributed by atoms with Crippen LogP contribution < -0.4 is 0 Å². The Morgan fingerprint density at radius 2 is 0.857 bits per heavy atom. The fourth-order valence-corrected chi connectivity index (χ4v) is 5.38. The fraction of sp³-hybridized carbons (Fsp3) is 0.939. The van der Waals surface area contributed by atoms with Crippen molar-refractivity contribution in [3.8, 4) is 0 Å². The Morgan fingerprint density at radius 1 is 0.524 bits per heavy atom. The van der Waals surface area contributed by atoms with E-state index in [9.17, 15) is 14.2 Å². The number of hydrogen-bond donors (Lipinski definition) is 2. The molecule has 0 heterocycles. The van der Waals surface area contributed by atoms with E-state index in [-0.39, 0.29) is 19.4 Å². The van der Waals surface area contributed by atoms with Crippen LogP contribution in [0.15, 0.2) is 0 Å². The summed E-state index contributed by atoms with van der Waals surface area (Å²) in [5.41, 5.74) is 0. The molecule has 0 aromatic carbocycles. The van der Waals surface area contributed by atoms with Crippen LogP contribution in [0.2, 0.25) is 0 Å². The normalized spacial score (nSPS) is 12.4. The number of unbranched alkanes of at least 4 members (excludes halogenated alkanes) is 22. The molecule has 0 aliphatic rings. The lowest BCUT2D eigenvalue weighted by atomic mass is 10.0. The molecule has 0 saturated heterocycles. The zero-order valence-corrected chi connectivity index (χ0v) is 28.1. The van der Waals surface area contributed by atoms with Crippen LogP contribution in [-0.2, 0) is 28.2 Å². The first-order chi connectivity index (χ1) is 20.3. The van der Waals surface area contributed by atoms with Crippen molar-refractivity contribution in [2.75, 3.05) is 13.2 Å². The van der Waals surface area contributed by atoms with Gasteiger partial charge in [0, 0.05) is 12.8 Å². The van der Waals surface area contributed by atoms with Crippen LogP contribution in [0.4, 0.5) is 0 Å². The van der Waals surface area contributed by atoms with Crippen molar-refractivity contribution in [3.63, 3.8) is 0 Å². The van der Waals surface area contributed by atoms with Crippen LogP contribution in [-0.4, -0.2) is 41.0 Å². The lowest BCUT2D eigenvalue weighted by Gasteiger charge is -2.18. The highest BCUT2D eigenvalue weighted by atomic mass is 31.2. The van der Waals surface area contributed by atoms with E-state index >= 15 is 0 Å². The summed E-state index contributed by atoms with van der Waals surface area (Å²) in [6, 6.07) is 0. The Labute approximate surface area is 257 Å². The minimum absolute atomic E-state index is 0.219. The third-order valence-electron chi connectivity index (χ3n) is 7.63. The van der Waals surface area contributed by atoms with Crippen LogP contribution in [0, 0.1) is 0 Å². The molecule has 0 bridgehead atoms. The zero-order chi connectivity index (χ0) is 31.2. The fourth-order valence-electron chi connectivity index (χ4n) is 5.02. The van der Waals surface area contributed by atoms with Gasteiger partial charge in [-0.25, -0.2) is 4.57 Å². The molecule has 1 atom stereocenters. The quantitative estimate of drug-likeness (QED) is 0.0433. The minimum Gasteiger partial charge on any atom is -0.462 e. The Bertz CT molecular complexity index is 666. The summed E-state index contributed by atoms with van der Waals surface area (Å²) in [4.78, 5) is 42.3. The van der Waals surface area contributed by atoms with Gasteiger partial charge in [-0.15, -0.1) is 0 Å². The maximum absolute atomic E-state index is 12.3. The molecule has 0 rings (SSSR count). The van der Waals surface area contributed by atoms with Crippen molar-refractivity contribution in [1.82, 2.24) is 0 Å². The predicted octanol–water partition coefficient (Wildman–Crippen LogP) is 9.73. The van der Waals surface area contributed by atoms with Gasteiger partial charge in [-0.05, 0) is 12.8 Å². The van der Waals surface area contributed by atoms with E-state index in [4.69, 9.17) is 19.3 Å². The van der Waals surface area contributed by atoms with Crippen molar-refractivity contribution < 1.29 is 37.9 Å². The van der Waals surface area contributed by atoms with Gasteiger partial charge in [-0.2, -0.15) is 0 Å². The lowest BCUT2D eigenvalue weighted by Crippen LogP contribution is -2.29. The summed E-state index contributed by atoms with van der Waals surface area (Å²) >= 11 is 0. The Hall–Kier alpha value is -0.950. The third kappa shape index (κ3) is 32.0. The Kier molecular flexibility index (Phi) is 29.4. The maximum Gasteiger partial charge on any atom is 0.469 e. The highest BCUT2D eigenvalue weighted by Gasteiger charge is 2.22. The van der Waals surface area contributed by atoms with Crippen molar-refractivity contribution in [2.24, 2.45) is 0 Å². The first-order valence-electron chi connectivity index (χ1n) is 17.3. The van der Waals surface area contributed by atoms with Crippen molar-refractivity contribution in [3.05, 3.63) is 0 Å². The summed E-state index contributed by atoms with van der Waals surface area (Å²) < 4.78 is 26.1. The molecule has 42 heavy (non-hydrogen) atoms. The molecular formula is C33H65O8P. The van der Waals surface area contributed by atoms with E-state index in [2.05, 4.69) is 18.4 Å². The van der Waals surface area contributed by atoms with Gasteiger partial charge in [0.05, 0.1) is 6.61 Å². The second-order valence-electron chi connectivity index (χ2n) is 11.9. The van der Waals surface area contributed by atoms with Crippen LogP contribution in [0.5, 0.6) is 0 Å². The predicted molar refractivity (Wildman–Crippen MR) is 170 cm³/mol. The number of esters is 2. The summed E-state index contributed by atoms with van der Waals surface area (Å²) in [5, 5.41) is 0. The molecule has 1 unspecified atom stereocenters. The molecule has 0 aliphatic carbocycles. The number of phosphoric acid groups is 1. The summed E-state index contributed by atoms with van der Waals surface area (Å²) in [6.07, 6.45) is 28.6. The largest absolute Gasteiger partial charge is 0.469 e. The average Bonchev–Trinajstić information content (AvgIpc) is 2.95. The third-order valence-corrected chi connectivity index (χ3v) is 8.11. The molecule has 8 nitrogen and oxygen atoms in total. The van der Waals surface area contributed by atoms with Crippen LogP contribution in [0.1, 0.15) is 181 Å². The molecule has 0 aliphatic heterocycles. The van der Waals surface area contributed by atoms with E-state index in [0.29, 0.717) is 6.42 Å². The number of hydrogen-bond acceptors (Lipinski definition) is 6. The zero-order valence-electron chi connectivity index (χ0n) is 27.2. The topological polar surface area (TPSA) is 119 Å². The second-order valence-corrected chi connectivity index (χ2v) is 13.1. The van der Waals surface area contributed by atoms with Crippen LogP contribution in [0.25, 0.3) is 0 Å². The van der Waals surface area contributed by atoms with Gasteiger partial charge < -0.3 is 19.3 Å². The molecule has 0 radical (unpaired) electrons.